The molecule has 0 amide bonds. The van der Waals surface area contributed by atoms with Crippen molar-refractivity contribution in [3.8, 4) is 11.1 Å². The van der Waals surface area contributed by atoms with E-state index in [4.69, 9.17) is 0 Å². The van der Waals surface area contributed by atoms with Gasteiger partial charge in [-0.05, 0) is 29.2 Å². The summed E-state index contributed by atoms with van der Waals surface area (Å²) in [6.07, 6.45) is 6.36. The van der Waals surface area contributed by atoms with E-state index in [-0.39, 0.29) is 0 Å². The predicted octanol–water partition coefficient (Wildman–Crippen LogP) is 3.63. The van der Waals surface area contributed by atoms with Gasteiger partial charge in [-0.3, -0.25) is 0 Å². The van der Waals surface area contributed by atoms with Gasteiger partial charge in [0.05, 0.1) is 0 Å². The number of aromatic nitrogens is 1. The highest BCUT2D eigenvalue weighted by Crippen LogP contribution is 2.19. The van der Waals surface area contributed by atoms with Gasteiger partial charge in [-0.25, -0.2) is 0 Å². The maximum absolute atomic E-state index is 3.07. The molecule has 2 rings (SSSR count). The molecule has 0 saturated carbocycles. The van der Waals surface area contributed by atoms with Gasteiger partial charge in [0.2, 0.25) is 0 Å². The van der Waals surface area contributed by atoms with Crippen LogP contribution in [0.25, 0.3) is 11.1 Å². The Morgan fingerprint density at radius 1 is 1.00 bits per heavy atom. The number of nitrogens with one attached hydrogen (secondary N) is 1. The number of H-pyrrole nitrogens is 1. The van der Waals surface area contributed by atoms with Crippen LogP contribution in [0.2, 0.25) is 0 Å². The summed E-state index contributed by atoms with van der Waals surface area (Å²) in [4.78, 5) is 3.07. The summed E-state index contributed by atoms with van der Waals surface area (Å²) >= 11 is 0. The lowest BCUT2D eigenvalue weighted by atomic mass is 10.0. The molecule has 0 spiro atoms. The molecule has 0 fully saturated rings. The van der Waals surface area contributed by atoms with Crippen molar-refractivity contribution in [2.75, 3.05) is 0 Å². The molecule has 1 N–H and O–H groups in total. The maximum atomic E-state index is 3.07. The zero-order valence-corrected chi connectivity index (χ0v) is 8.46. The Hall–Kier alpha value is -1.50. The van der Waals surface area contributed by atoms with Crippen molar-refractivity contribution in [1.29, 1.82) is 0 Å². The average Bonchev–Trinajstić information content (AvgIpc) is 2.72. The molecule has 0 aliphatic carbocycles. The van der Waals surface area contributed by atoms with Crippen molar-refractivity contribution in [2.24, 2.45) is 0 Å². The van der Waals surface area contributed by atoms with E-state index in [0.29, 0.717) is 0 Å². The molecule has 0 aliphatic rings. The third-order valence-corrected chi connectivity index (χ3v) is 2.42. The lowest BCUT2D eigenvalue weighted by Crippen LogP contribution is -1.82. The standard InChI is InChI=1S/C13H15N/c1-2-3-11-4-6-12(7-5-11)13-8-9-14-10-13/h4-10,14H,2-3H2,1H3. The van der Waals surface area contributed by atoms with Crippen LogP contribution in [0, 0.1) is 0 Å². The average molecular weight is 185 g/mol. The highest BCUT2D eigenvalue weighted by Gasteiger charge is 1.97. The Balaban J connectivity index is 2.22. The highest BCUT2D eigenvalue weighted by molar-refractivity contribution is 5.62. The normalized spacial score (nSPS) is 10.4. The van der Waals surface area contributed by atoms with E-state index in [1.807, 2.05) is 12.4 Å². The second-order valence-electron chi connectivity index (χ2n) is 3.55. The number of aryl methyl sites for hydroxylation is 1. The van der Waals surface area contributed by atoms with Gasteiger partial charge in [-0.15, -0.1) is 0 Å². The highest BCUT2D eigenvalue weighted by atomic mass is 14.6. The minimum absolute atomic E-state index is 1.17. The first-order valence-electron chi connectivity index (χ1n) is 5.12. The summed E-state index contributed by atoms with van der Waals surface area (Å²) in [6.45, 7) is 2.21. The van der Waals surface area contributed by atoms with Crippen molar-refractivity contribution in [3.05, 3.63) is 48.3 Å². The molecule has 0 saturated heterocycles. The molecular weight excluding hydrogens is 170 g/mol. The van der Waals surface area contributed by atoms with Crippen LogP contribution >= 0.6 is 0 Å². The maximum Gasteiger partial charge on any atom is 0.00841 e. The molecule has 0 atom stereocenters. The van der Waals surface area contributed by atoms with Crippen LogP contribution in [0.3, 0.4) is 0 Å². The van der Waals surface area contributed by atoms with Crippen molar-refractivity contribution in [3.63, 3.8) is 0 Å². The molecule has 0 bridgehead atoms. The van der Waals surface area contributed by atoms with Crippen molar-refractivity contribution in [1.82, 2.24) is 4.98 Å². The van der Waals surface area contributed by atoms with Gasteiger partial charge in [0.15, 0.2) is 0 Å². The van der Waals surface area contributed by atoms with Crippen molar-refractivity contribution >= 4 is 0 Å². The molecule has 1 aromatic carbocycles. The first-order valence-corrected chi connectivity index (χ1v) is 5.12. The van der Waals surface area contributed by atoms with Crippen LogP contribution < -0.4 is 0 Å². The topological polar surface area (TPSA) is 15.8 Å². The summed E-state index contributed by atoms with van der Waals surface area (Å²) < 4.78 is 0. The van der Waals surface area contributed by atoms with Gasteiger partial charge in [-0.1, -0.05) is 37.6 Å². The van der Waals surface area contributed by atoms with Crippen LogP contribution in [0.15, 0.2) is 42.7 Å². The van der Waals surface area contributed by atoms with E-state index >= 15 is 0 Å². The van der Waals surface area contributed by atoms with Crippen LogP contribution in [0.1, 0.15) is 18.9 Å². The second-order valence-corrected chi connectivity index (χ2v) is 3.55. The third-order valence-electron chi connectivity index (χ3n) is 2.42. The van der Waals surface area contributed by atoms with E-state index in [0.717, 1.165) is 0 Å². The summed E-state index contributed by atoms with van der Waals surface area (Å²) in [6, 6.07) is 10.9. The lowest BCUT2D eigenvalue weighted by Gasteiger charge is -2.00. The molecule has 14 heavy (non-hydrogen) atoms. The predicted molar refractivity (Wildman–Crippen MR) is 60.2 cm³/mol. The molecule has 1 heteroatoms. The Kier molecular flexibility index (Phi) is 2.68. The molecule has 1 heterocycles. The smallest absolute Gasteiger partial charge is 0.00841 e. The first kappa shape index (κ1) is 9.07. The molecule has 0 radical (unpaired) electrons. The Morgan fingerprint density at radius 3 is 2.36 bits per heavy atom. The number of benzene rings is 1. The summed E-state index contributed by atoms with van der Waals surface area (Å²) in [5.41, 5.74) is 3.96. The Labute approximate surface area is 84.8 Å². The number of hydrogen-bond donors (Lipinski definition) is 1. The van der Waals surface area contributed by atoms with Crippen LogP contribution in [0.5, 0.6) is 0 Å². The Bertz CT molecular complexity index is 370. The molecule has 0 aliphatic heterocycles. The molecule has 2 aromatic rings. The van der Waals surface area contributed by atoms with E-state index in [1.54, 1.807) is 0 Å². The first-order chi connectivity index (χ1) is 6.90. The van der Waals surface area contributed by atoms with Crippen LogP contribution in [0.4, 0.5) is 0 Å². The SMILES string of the molecule is CCCc1ccc(-c2cc[nH]c2)cc1. The molecular formula is C13H15N. The fourth-order valence-electron chi connectivity index (χ4n) is 1.66. The third kappa shape index (κ3) is 1.87. The summed E-state index contributed by atoms with van der Waals surface area (Å²) in [5.74, 6) is 0. The lowest BCUT2D eigenvalue weighted by molar-refractivity contribution is 0.922. The fourth-order valence-corrected chi connectivity index (χ4v) is 1.66. The van der Waals surface area contributed by atoms with E-state index < -0.39 is 0 Å². The summed E-state index contributed by atoms with van der Waals surface area (Å²) in [5, 5.41) is 0. The number of rotatable bonds is 3. The fraction of sp³-hybridized carbons (Fsp3) is 0.231. The Morgan fingerprint density at radius 2 is 1.79 bits per heavy atom. The second kappa shape index (κ2) is 4.14. The summed E-state index contributed by atoms with van der Waals surface area (Å²) in [7, 11) is 0. The molecule has 0 unspecified atom stereocenters. The van der Waals surface area contributed by atoms with E-state index in [9.17, 15) is 0 Å². The zero-order chi connectivity index (χ0) is 9.80. The van der Waals surface area contributed by atoms with E-state index in [1.165, 1.54) is 29.5 Å². The molecule has 1 nitrogen and oxygen atoms in total. The minimum Gasteiger partial charge on any atom is -0.367 e. The quantitative estimate of drug-likeness (QED) is 0.751. The monoisotopic (exact) mass is 185 g/mol. The minimum atomic E-state index is 1.17. The van der Waals surface area contributed by atoms with Gasteiger partial charge >= 0.3 is 0 Å². The number of hydrogen-bond acceptors (Lipinski definition) is 0. The molecule has 72 valence electrons. The van der Waals surface area contributed by atoms with Crippen LogP contribution in [-0.2, 0) is 6.42 Å². The zero-order valence-electron chi connectivity index (χ0n) is 8.46. The van der Waals surface area contributed by atoms with Gasteiger partial charge < -0.3 is 4.98 Å². The largest absolute Gasteiger partial charge is 0.367 e. The van der Waals surface area contributed by atoms with Gasteiger partial charge in [-0.2, -0.15) is 0 Å². The van der Waals surface area contributed by atoms with Gasteiger partial charge in [0, 0.05) is 12.4 Å². The van der Waals surface area contributed by atoms with Crippen molar-refractivity contribution < 1.29 is 0 Å². The molecule has 1 aromatic heterocycles. The van der Waals surface area contributed by atoms with Crippen molar-refractivity contribution in [2.45, 2.75) is 19.8 Å². The number of aromatic amines is 1. The van der Waals surface area contributed by atoms with Crippen LogP contribution in [-0.4, -0.2) is 4.98 Å². The van der Waals surface area contributed by atoms with E-state index in [2.05, 4.69) is 42.2 Å². The van der Waals surface area contributed by atoms with Gasteiger partial charge in [0.25, 0.3) is 0 Å². The van der Waals surface area contributed by atoms with Gasteiger partial charge in [0.1, 0.15) is 0 Å².